The second-order valence-electron chi connectivity index (χ2n) is 8.67. The number of hydrogen-bond acceptors (Lipinski definition) is 1. The molecule has 2 nitrogen and oxygen atoms in total. The molecule has 0 aliphatic carbocycles. The molecular weight excluding hydrogens is 348 g/mol. The minimum Gasteiger partial charge on any atom is -0.481 e. The molecular formula is C24H38O2Si. The summed E-state index contributed by atoms with van der Waals surface area (Å²) >= 11 is 0. The van der Waals surface area contributed by atoms with E-state index in [0.29, 0.717) is 23.0 Å². The zero-order chi connectivity index (χ0) is 20.4. The number of hydrogen-bond donors (Lipinski definition) is 1. The standard InChI is InChI=1S/C24H38O2Si/c1-19(2)27(20(3)4,21(5)6)18-12-17-23(24(25)26)16-11-10-15-22-13-8-7-9-14-22/h7-9,13-14,19-21,23H,10-11,15-17H2,1-6H3,(H,25,26). The van der Waals surface area contributed by atoms with Gasteiger partial charge in [0.1, 0.15) is 8.07 Å². The van der Waals surface area contributed by atoms with Gasteiger partial charge in [0.05, 0.1) is 5.92 Å². The Labute approximate surface area is 167 Å². The minimum absolute atomic E-state index is 0.341. The molecule has 0 amide bonds. The van der Waals surface area contributed by atoms with Gasteiger partial charge in [0.25, 0.3) is 0 Å². The Morgan fingerprint density at radius 1 is 0.963 bits per heavy atom. The largest absolute Gasteiger partial charge is 0.481 e. The maximum atomic E-state index is 11.7. The highest BCUT2D eigenvalue weighted by Crippen LogP contribution is 2.40. The van der Waals surface area contributed by atoms with Crippen molar-refractivity contribution in [3.8, 4) is 11.5 Å². The van der Waals surface area contributed by atoms with Gasteiger partial charge in [-0.3, -0.25) is 4.79 Å². The van der Waals surface area contributed by atoms with Crippen LogP contribution in [-0.2, 0) is 11.2 Å². The maximum absolute atomic E-state index is 11.7. The first kappa shape index (κ1) is 23.5. The van der Waals surface area contributed by atoms with Crippen LogP contribution >= 0.6 is 0 Å². The Balaban J connectivity index is 2.67. The first-order chi connectivity index (χ1) is 12.7. The molecule has 1 unspecified atom stereocenters. The first-order valence-electron chi connectivity index (χ1n) is 10.5. The lowest BCUT2D eigenvalue weighted by Gasteiger charge is -2.38. The van der Waals surface area contributed by atoms with Crippen LogP contribution in [0.25, 0.3) is 0 Å². The predicted octanol–water partition coefficient (Wildman–Crippen LogP) is 6.71. The van der Waals surface area contributed by atoms with Gasteiger partial charge in [-0.05, 0) is 41.4 Å². The lowest BCUT2D eigenvalue weighted by atomic mass is 9.97. The normalized spacial score (nSPS) is 12.9. The summed E-state index contributed by atoms with van der Waals surface area (Å²) in [7, 11) is -1.77. The molecule has 1 aromatic carbocycles. The van der Waals surface area contributed by atoms with E-state index >= 15 is 0 Å². The fraction of sp³-hybridized carbons (Fsp3) is 0.625. The van der Waals surface area contributed by atoms with Gasteiger partial charge in [-0.15, -0.1) is 11.5 Å². The molecule has 0 spiro atoms. The van der Waals surface area contributed by atoms with Crippen molar-refractivity contribution >= 4 is 14.0 Å². The highest BCUT2D eigenvalue weighted by Gasteiger charge is 2.41. The van der Waals surface area contributed by atoms with E-state index in [1.807, 2.05) is 6.07 Å². The third-order valence-electron chi connectivity index (χ3n) is 5.98. The number of benzene rings is 1. The Kier molecular flexibility index (Phi) is 9.87. The molecule has 0 radical (unpaired) electrons. The van der Waals surface area contributed by atoms with Crippen LogP contribution in [0.2, 0.25) is 16.6 Å². The monoisotopic (exact) mass is 386 g/mol. The van der Waals surface area contributed by atoms with Crippen LogP contribution in [0.4, 0.5) is 0 Å². The molecule has 1 aromatic rings. The number of rotatable bonds is 10. The van der Waals surface area contributed by atoms with Crippen LogP contribution in [-0.4, -0.2) is 19.1 Å². The van der Waals surface area contributed by atoms with Crippen molar-refractivity contribution in [1.29, 1.82) is 0 Å². The molecule has 3 heteroatoms. The summed E-state index contributed by atoms with van der Waals surface area (Å²) in [6.45, 7) is 13.7. The summed E-state index contributed by atoms with van der Waals surface area (Å²) in [5.41, 5.74) is 6.73. The highest BCUT2D eigenvalue weighted by atomic mass is 28.3. The summed E-state index contributed by atoms with van der Waals surface area (Å²) in [6, 6.07) is 10.4. The fourth-order valence-electron chi connectivity index (χ4n) is 4.44. The Hall–Kier alpha value is -1.53. The van der Waals surface area contributed by atoms with Gasteiger partial charge < -0.3 is 5.11 Å². The summed E-state index contributed by atoms with van der Waals surface area (Å²) in [5.74, 6) is 2.30. The third kappa shape index (κ3) is 6.85. The lowest BCUT2D eigenvalue weighted by molar-refractivity contribution is -0.141. The minimum atomic E-state index is -1.77. The molecule has 27 heavy (non-hydrogen) atoms. The van der Waals surface area contributed by atoms with Crippen molar-refractivity contribution in [3.05, 3.63) is 35.9 Å². The smallest absolute Gasteiger partial charge is 0.307 e. The molecule has 1 N–H and O–H groups in total. The van der Waals surface area contributed by atoms with Gasteiger partial charge >= 0.3 is 5.97 Å². The second-order valence-corrected chi connectivity index (χ2v) is 14.2. The highest BCUT2D eigenvalue weighted by molar-refractivity contribution is 6.90. The molecule has 0 fully saturated rings. The molecule has 150 valence electrons. The van der Waals surface area contributed by atoms with Crippen LogP contribution in [0.3, 0.4) is 0 Å². The van der Waals surface area contributed by atoms with Crippen molar-refractivity contribution < 1.29 is 9.90 Å². The summed E-state index contributed by atoms with van der Waals surface area (Å²) in [5, 5.41) is 9.59. The molecule has 0 heterocycles. The Morgan fingerprint density at radius 3 is 2.00 bits per heavy atom. The zero-order valence-electron chi connectivity index (χ0n) is 18.1. The average Bonchev–Trinajstić information content (AvgIpc) is 2.60. The number of aliphatic carboxylic acids is 1. The molecule has 1 rings (SSSR count). The van der Waals surface area contributed by atoms with Gasteiger partial charge in [0.2, 0.25) is 0 Å². The number of carboxylic acids is 1. The third-order valence-corrected chi connectivity index (χ3v) is 12.3. The summed E-state index contributed by atoms with van der Waals surface area (Å²) in [6.07, 6.45) is 4.19. The molecule has 1 atom stereocenters. The van der Waals surface area contributed by atoms with E-state index in [0.717, 1.165) is 25.7 Å². The van der Waals surface area contributed by atoms with E-state index in [9.17, 15) is 9.90 Å². The fourth-order valence-corrected chi connectivity index (χ4v) is 9.71. The van der Waals surface area contributed by atoms with E-state index in [4.69, 9.17) is 0 Å². The van der Waals surface area contributed by atoms with E-state index < -0.39 is 14.0 Å². The van der Waals surface area contributed by atoms with E-state index in [1.54, 1.807) is 0 Å². The lowest BCUT2D eigenvalue weighted by Crippen LogP contribution is -2.43. The van der Waals surface area contributed by atoms with E-state index in [-0.39, 0.29) is 5.92 Å². The summed E-state index contributed by atoms with van der Waals surface area (Å²) in [4.78, 5) is 11.7. The van der Waals surface area contributed by atoms with Crippen LogP contribution in [0.1, 0.15) is 72.8 Å². The van der Waals surface area contributed by atoms with Gasteiger partial charge in [-0.1, -0.05) is 78.3 Å². The molecule has 0 saturated heterocycles. The Bertz CT molecular complexity index is 601. The van der Waals surface area contributed by atoms with Crippen LogP contribution in [0.5, 0.6) is 0 Å². The number of carboxylic acid groups (broad SMARTS) is 1. The SMILES string of the molecule is CC(C)[Si](C#CCC(CCCCc1ccccc1)C(=O)O)(C(C)C)C(C)C. The zero-order valence-corrected chi connectivity index (χ0v) is 19.1. The van der Waals surface area contributed by atoms with Crippen molar-refractivity contribution in [2.24, 2.45) is 5.92 Å². The number of unbranched alkanes of at least 4 members (excludes halogenated alkanes) is 1. The average molecular weight is 387 g/mol. The van der Waals surface area contributed by atoms with Crippen molar-refractivity contribution in [2.45, 2.75) is 90.3 Å². The van der Waals surface area contributed by atoms with Crippen LogP contribution in [0, 0.1) is 17.4 Å². The van der Waals surface area contributed by atoms with Gasteiger partial charge in [-0.2, -0.15) is 0 Å². The van der Waals surface area contributed by atoms with Crippen molar-refractivity contribution in [3.63, 3.8) is 0 Å². The molecule has 0 saturated carbocycles. The maximum Gasteiger partial charge on any atom is 0.307 e. The predicted molar refractivity (Wildman–Crippen MR) is 119 cm³/mol. The second kappa shape index (κ2) is 11.3. The van der Waals surface area contributed by atoms with Crippen LogP contribution in [0.15, 0.2) is 30.3 Å². The van der Waals surface area contributed by atoms with Gasteiger partial charge in [0.15, 0.2) is 0 Å². The number of carbonyl (C=O) groups is 1. The number of aryl methyl sites for hydroxylation is 1. The molecule has 0 aliphatic heterocycles. The van der Waals surface area contributed by atoms with Gasteiger partial charge in [-0.25, -0.2) is 0 Å². The van der Waals surface area contributed by atoms with Gasteiger partial charge in [0, 0.05) is 6.42 Å². The first-order valence-corrected chi connectivity index (χ1v) is 12.7. The van der Waals surface area contributed by atoms with Crippen molar-refractivity contribution in [2.75, 3.05) is 0 Å². The molecule has 0 aliphatic rings. The quantitative estimate of drug-likeness (QED) is 0.275. The topological polar surface area (TPSA) is 37.3 Å². The van der Waals surface area contributed by atoms with E-state index in [1.165, 1.54) is 5.56 Å². The summed E-state index contributed by atoms with van der Waals surface area (Å²) < 4.78 is 0. The molecule has 0 aromatic heterocycles. The molecule has 0 bridgehead atoms. The van der Waals surface area contributed by atoms with Crippen molar-refractivity contribution in [1.82, 2.24) is 0 Å². The van der Waals surface area contributed by atoms with Crippen LogP contribution < -0.4 is 0 Å². The Morgan fingerprint density at radius 2 is 1.52 bits per heavy atom. The van der Waals surface area contributed by atoms with E-state index in [2.05, 4.69) is 77.3 Å².